The fourth-order valence-electron chi connectivity index (χ4n) is 5.26. The maximum Gasteiger partial charge on any atom is 0.137 e. The van der Waals surface area contributed by atoms with Crippen molar-refractivity contribution in [2.24, 2.45) is 11.8 Å². The molecular formula is C24H24F4. The van der Waals surface area contributed by atoms with Crippen LogP contribution in [0.1, 0.15) is 55.6 Å². The second-order valence-corrected chi connectivity index (χ2v) is 8.22. The van der Waals surface area contributed by atoms with Crippen molar-refractivity contribution >= 4 is 0 Å². The van der Waals surface area contributed by atoms with Crippen LogP contribution >= 0.6 is 0 Å². The average Bonchev–Trinajstić information content (AvgIpc) is 2.65. The zero-order chi connectivity index (χ0) is 19.8. The summed E-state index contributed by atoms with van der Waals surface area (Å²) in [6, 6.07) is 4.07. The van der Waals surface area contributed by atoms with Gasteiger partial charge in [-0.05, 0) is 97.6 Å². The van der Waals surface area contributed by atoms with Crippen LogP contribution < -0.4 is 0 Å². The molecule has 0 nitrogen and oxygen atoms in total. The molecule has 0 bridgehead atoms. The number of hydrogen-bond donors (Lipinski definition) is 0. The van der Waals surface area contributed by atoms with Crippen molar-refractivity contribution in [1.29, 1.82) is 0 Å². The maximum absolute atomic E-state index is 15.3. The highest BCUT2D eigenvalue weighted by atomic mass is 19.1. The molecular weight excluding hydrogens is 364 g/mol. The number of halogens is 4. The quantitative estimate of drug-likeness (QED) is 0.380. The largest absolute Gasteiger partial charge is 0.207 e. The van der Waals surface area contributed by atoms with Gasteiger partial charge in [0, 0.05) is 6.07 Å². The van der Waals surface area contributed by atoms with Crippen LogP contribution in [0.25, 0.3) is 11.1 Å². The highest BCUT2D eigenvalue weighted by Gasteiger charge is 2.37. The molecule has 0 amide bonds. The molecule has 0 spiro atoms. The van der Waals surface area contributed by atoms with Crippen LogP contribution in [-0.4, -0.2) is 0 Å². The first kappa shape index (κ1) is 19.2. The number of benzene rings is 2. The van der Waals surface area contributed by atoms with Crippen LogP contribution in [0.15, 0.2) is 36.9 Å². The summed E-state index contributed by atoms with van der Waals surface area (Å²) in [5, 5.41) is 0. The Morgan fingerprint density at radius 2 is 1.71 bits per heavy atom. The molecule has 0 radical (unpaired) electrons. The first-order chi connectivity index (χ1) is 13.5. The Morgan fingerprint density at radius 3 is 2.43 bits per heavy atom. The third-order valence-corrected chi connectivity index (χ3v) is 6.54. The Hall–Kier alpha value is -2.10. The van der Waals surface area contributed by atoms with Crippen molar-refractivity contribution in [2.75, 3.05) is 0 Å². The minimum atomic E-state index is -0.843. The smallest absolute Gasteiger partial charge is 0.137 e. The van der Waals surface area contributed by atoms with Gasteiger partial charge < -0.3 is 0 Å². The van der Waals surface area contributed by atoms with Crippen LogP contribution in [0.2, 0.25) is 0 Å². The van der Waals surface area contributed by atoms with Gasteiger partial charge in [-0.15, -0.1) is 6.58 Å². The van der Waals surface area contributed by atoms with E-state index in [2.05, 4.69) is 6.58 Å². The Labute approximate surface area is 163 Å². The molecule has 2 aromatic carbocycles. The lowest BCUT2D eigenvalue weighted by atomic mass is 9.64. The summed E-state index contributed by atoms with van der Waals surface area (Å²) >= 11 is 0. The highest BCUT2D eigenvalue weighted by molar-refractivity contribution is 5.67. The lowest BCUT2D eigenvalue weighted by Crippen LogP contribution is -2.29. The minimum absolute atomic E-state index is 0.0921. The molecule has 28 heavy (non-hydrogen) atoms. The lowest BCUT2D eigenvalue weighted by Gasteiger charge is -2.41. The molecule has 0 aromatic heterocycles. The van der Waals surface area contributed by atoms with Crippen LogP contribution in [0, 0.1) is 35.1 Å². The summed E-state index contributed by atoms with van der Waals surface area (Å²) in [5.41, 5.74) is 0.863. The summed E-state index contributed by atoms with van der Waals surface area (Å²) in [4.78, 5) is 0. The third kappa shape index (κ3) is 3.49. The second kappa shape index (κ2) is 7.73. The number of rotatable bonds is 4. The lowest BCUT2D eigenvalue weighted by molar-refractivity contribution is 0.201. The minimum Gasteiger partial charge on any atom is -0.207 e. The standard InChI is InChI=1S/C24H24F4/c1-2-3-4-14-5-7-19-15(9-14)6-8-20-21(19)13-22(27)23(24(20)28)16-10-17(25)12-18(26)11-16/h2,10-15,19H,1,3-9H2. The SMILES string of the molecule is C=CCCC1CCC2c3cc(F)c(-c4cc(F)cc(F)c4)c(F)c3CCC2C1. The monoisotopic (exact) mass is 388 g/mol. The van der Waals surface area contributed by atoms with Gasteiger partial charge >= 0.3 is 0 Å². The van der Waals surface area contributed by atoms with E-state index in [1.165, 1.54) is 6.07 Å². The second-order valence-electron chi connectivity index (χ2n) is 8.22. The molecule has 0 N–H and O–H groups in total. The summed E-state index contributed by atoms with van der Waals surface area (Å²) in [5.74, 6) is -1.81. The van der Waals surface area contributed by atoms with E-state index < -0.39 is 23.3 Å². The fraction of sp³-hybridized carbons (Fsp3) is 0.417. The molecule has 0 saturated heterocycles. The van der Waals surface area contributed by atoms with Gasteiger partial charge in [0.2, 0.25) is 0 Å². The van der Waals surface area contributed by atoms with E-state index in [1.54, 1.807) is 0 Å². The van der Waals surface area contributed by atoms with Gasteiger partial charge in [-0.3, -0.25) is 0 Å². The molecule has 1 saturated carbocycles. The first-order valence-corrected chi connectivity index (χ1v) is 10.1. The van der Waals surface area contributed by atoms with E-state index in [0.717, 1.165) is 56.2 Å². The van der Waals surface area contributed by atoms with Crippen molar-refractivity contribution in [1.82, 2.24) is 0 Å². The predicted molar refractivity (Wildman–Crippen MR) is 103 cm³/mol. The first-order valence-electron chi connectivity index (χ1n) is 10.1. The van der Waals surface area contributed by atoms with Gasteiger partial charge in [0.15, 0.2) is 0 Å². The molecule has 0 heterocycles. The topological polar surface area (TPSA) is 0 Å². The highest BCUT2D eigenvalue weighted by Crippen LogP contribution is 2.49. The Morgan fingerprint density at radius 1 is 0.964 bits per heavy atom. The molecule has 0 aliphatic heterocycles. The molecule has 3 unspecified atom stereocenters. The van der Waals surface area contributed by atoms with E-state index in [1.807, 2.05) is 6.08 Å². The zero-order valence-electron chi connectivity index (χ0n) is 15.8. The van der Waals surface area contributed by atoms with E-state index in [0.29, 0.717) is 29.9 Å². The summed E-state index contributed by atoms with van der Waals surface area (Å²) < 4.78 is 57.3. The molecule has 4 heteroatoms. The zero-order valence-corrected chi connectivity index (χ0v) is 15.8. The number of fused-ring (bicyclic) bond motifs is 3. The van der Waals surface area contributed by atoms with Gasteiger partial charge in [-0.1, -0.05) is 6.08 Å². The Kier molecular flexibility index (Phi) is 5.31. The third-order valence-electron chi connectivity index (χ3n) is 6.54. The van der Waals surface area contributed by atoms with Crippen molar-refractivity contribution in [3.63, 3.8) is 0 Å². The summed E-state index contributed by atoms with van der Waals surface area (Å²) in [7, 11) is 0. The van der Waals surface area contributed by atoms with Gasteiger partial charge in [0.1, 0.15) is 23.3 Å². The van der Waals surface area contributed by atoms with Crippen molar-refractivity contribution in [3.05, 3.63) is 71.3 Å². The van der Waals surface area contributed by atoms with Crippen LogP contribution in [0.5, 0.6) is 0 Å². The Bertz CT molecular complexity index is 882. The van der Waals surface area contributed by atoms with Gasteiger partial charge in [-0.2, -0.15) is 0 Å². The van der Waals surface area contributed by atoms with E-state index in [9.17, 15) is 13.2 Å². The molecule has 2 aliphatic carbocycles. The van der Waals surface area contributed by atoms with Crippen molar-refractivity contribution < 1.29 is 17.6 Å². The van der Waals surface area contributed by atoms with Gasteiger partial charge in [0.25, 0.3) is 0 Å². The van der Waals surface area contributed by atoms with Crippen LogP contribution in [0.3, 0.4) is 0 Å². The van der Waals surface area contributed by atoms with Crippen LogP contribution in [-0.2, 0) is 6.42 Å². The Balaban J connectivity index is 1.68. The molecule has 2 aliphatic rings. The van der Waals surface area contributed by atoms with E-state index in [-0.39, 0.29) is 17.0 Å². The number of hydrogen-bond acceptors (Lipinski definition) is 0. The fourth-order valence-corrected chi connectivity index (χ4v) is 5.26. The summed E-state index contributed by atoms with van der Waals surface area (Å²) in [6.07, 6.45) is 8.61. The average molecular weight is 388 g/mol. The molecule has 2 aromatic rings. The van der Waals surface area contributed by atoms with Gasteiger partial charge in [-0.25, -0.2) is 17.6 Å². The maximum atomic E-state index is 15.3. The van der Waals surface area contributed by atoms with Crippen molar-refractivity contribution in [2.45, 2.75) is 50.9 Å². The molecule has 3 atom stereocenters. The normalized spacial score (nSPS) is 23.8. The van der Waals surface area contributed by atoms with E-state index >= 15 is 4.39 Å². The summed E-state index contributed by atoms with van der Waals surface area (Å²) in [6.45, 7) is 3.79. The predicted octanol–water partition coefficient (Wildman–Crippen LogP) is 7.32. The van der Waals surface area contributed by atoms with Crippen LogP contribution in [0.4, 0.5) is 17.6 Å². The van der Waals surface area contributed by atoms with Crippen molar-refractivity contribution in [3.8, 4) is 11.1 Å². The van der Waals surface area contributed by atoms with E-state index in [4.69, 9.17) is 0 Å². The molecule has 148 valence electrons. The van der Waals surface area contributed by atoms with Gasteiger partial charge in [0.05, 0.1) is 5.56 Å². The molecule has 4 rings (SSSR count). The number of allylic oxidation sites excluding steroid dienone is 1. The molecule has 1 fully saturated rings.